The zero-order valence-corrected chi connectivity index (χ0v) is 17.4. The minimum Gasteiger partial charge on any atom is -0.240 e. The van der Waals surface area contributed by atoms with E-state index in [9.17, 15) is 0 Å². The Labute approximate surface area is 161 Å². The quantitative estimate of drug-likeness (QED) is 0.530. The third-order valence-electron chi connectivity index (χ3n) is 5.16. The maximum absolute atomic E-state index is 4.85. The number of aromatic nitrogens is 2. The molecule has 0 spiro atoms. The molecule has 1 aromatic carbocycles. The molecule has 0 saturated heterocycles. The maximum Gasteiger partial charge on any atom is 0.139 e. The predicted octanol–water partition coefficient (Wildman–Crippen LogP) is 6.31. The zero-order valence-electron chi connectivity index (χ0n) is 16.6. The number of hydrogen-bond acceptors (Lipinski definition) is 3. The van der Waals surface area contributed by atoms with Crippen LogP contribution < -0.4 is 0 Å². The molecule has 3 rings (SSSR count). The monoisotopic (exact) mass is 364 g/mol. The molecule has 136 valence electrons. The van der Waals surface area contributed by atoms with Crippen molar-refractivity contribution in [3.8, 4) is 0 Å². The summed E-state index contributed by atoms with van der Waals surface area (Å²) in [5.41, 5.74) is 2.22. The Hall–Kier alpha value is -2.00. The van der Waals surface area contributed by atoms with Crippen molar-refractivity contribution in [1.82, 2.24) is 9.97 Å². The van der Waals surface area contributed by atoms with Gasteiger partial charge >= 0.3 is 0 Å². The molecule has 3 aromatic rings. The molecule has 0 fully saturated rings. The molecule has 0 amide bonds. The van der Waals surface area contributed by atoms with Crippen LogP contribution in [0.2, 0.25) is 0 Å². The highest BCUT2D eigenvalue weighted by molar-refractivity contribution is 7.12. The smallest absolute Gasteiger partial charge is 0.139 e. The van der Waals surface area contributed by atoms with Crippen LogP contribution >= 0.6 is 11.3 Å². The topological polar surface area (TPSA) is 25.8 Å². The predicted molar refractivity (Wildman–Crippen MR) is 111 cm³/mol. The second-order valence-electron chi connectivity index (χ2n) is 8.24. The molecular formula is C23H28N2S. The normalized spacial score (nSPS) is 12.6. The Balaban J connectivity index is 1.97. The SMILES string of the molecule is CC(C)c1ccnc(C(C)(C)c2ccc(C(C)(C)c3ccccc3)s2)n1. The second-order valence-corrected chi connectivity index (χ2v) is 9.32. The van der Waals surface area contributed by atoms with E-state index in [1.165, 1.54) is 15.3 Å². The molecule has 0 aliphatic rings. The van der Waals surface area contributed by atoms with Crippen molar-refractivity contribution in [2.75, 3.05) is 0 Å². The van der Waals surface area contributed by atoms with E-state index in [-0.39, 0.29) is 10.8 Å². The van der Waals surface area contributed by atoms with E-state index < -0.39 is 0 Å². The summed E-state index contributed by atoms with van der Waals surface area (Å²) in [6.07, 6.45) is 1.89. The molecule has 0 aliphatic heterocycles. The van der Waals surface area contributed by atoms with Gasteiger partial charge in [0, 0.05) is 27.1 Å². The van der Waals surface area contributed by atoms with Crippen LogP contribution in [0.25, 0.3) is 0 Å². The van der Waals surface area contributed by atoms with Crippen molar-refractivity contribution in [3.63, 3.8) is 0 Å². The third kappa shape index (κ3) is 3.45. The van der Waals surface area contributed by atoms with E-state index in [1.54, 1.807) is 0 Å². The average Bonchev–Trinajstić information content (AvgIpc) is 3.14. The van der Waals surface area contributed by atoms with Gasteiger partial charge < -0.3 is 0 Å². The fourth-order valence-electron chi connectivity index (χ4n) is 3.11. The highest BCUT2D eigenvalue weighted by Crippen LogP contribution is 2.41. The minimum absolute atomic E-state index is 0.0130. The van der Waals surface area contributed by atoms with E-state index in [1.807, 2.05) is 23.6 Å². The molecule has 0 aliphatic carbocycles. The molecule has 0 N–H and O–H groups in total. The fourth-order valence-corrected chi connectivity index (χ4v) is 4.34. The van der Waals surface area contributed by atoms with Crippen molar-refractivity contribution in [3.05, 3.63) is 81.6 Å². The van der Waals surface area contributed by atoms with Gasteiger partial charge in [-0.15, -0.1) is 11.3 Å². The number of rotatable bonds is 5. The Kier molecular flexibility index (Phi) is 5.03. The Morgan fingerprint density at radius 3 is 2.04 bits per heavy atom. The highest BCUT2D eigenvalue weighted by Gasteiger charge is 2.31. The van der Waals surface area contributed by atoms with Gasteiger partial charge in [0.05, 0.1) is 5.41 Å². The minimum atomic E-state index is -0.208. The highest BCUT2D eigenvalue weighted by atomic mass is 32.1. The van der Waals surface area contributed by atoms with E-state index in [0.29, 0.717) is 5.92 Å². The average molecular weight is 365 g/mol. The number of nitrogens with zero attached hydrogens (tertiary/aromatic N) is 2. The lowest BCUT2D eigenvalue weighted by Crippen LogP contribution is -2.22. The first kappa shape index (κ1) is 18.8. The summed E-state index contributed by atoms with van der Waals surface area (Å²) in [4.78, 5) is 12.1. The van der Waals surface area contributed by atoms with Crippen LogP contribution in [-0.2, 0) is 10.8 Å². The summed E-state index contributed by atoms with van der Waals surface area (Å²) in [7, 11) is 0. The number of hydrogen-bond donors (Lipinski definition) is 0. The van der Waals surface area contributed by atoms with Gasteiger partial charge in [0.15, 0.2) is 0 Å². The number of benzene rings is 1. The summed E-state index contributed by atoms with van der Waals surface area (Å²) >= 11 is 1.87. The van der Waals surface area contributed by atoms with Gasteiger partial charge in [-0.3, -0.25) is 0 Å². The van der Waals surface area contributed by atoms with Gasteiger partial charge in [-0.05, 0) is 43.5 Å². The van der Waals surface area contributed by atoms with Crippen molar-refractivity contribution >= 4 is 11.3 Å². The lowest BCUT2D eigenvalue weighted by Gasteiger charge is -2.25. The van der Waals surface area contributed by atoms with Crippen molar-refractivity contribution in [1.29, 1.82) is 0 Å². The molecule has 0 bridgehead atoms. The molecule has 0 atom stereocenters. The van der Waals surface area contributed by atoms with Gasteiger partial charge in [-0.2, -0.15) is 0 Å². The van der Waals surface area contributed by atoms with Crippen LogP contribution in [-0.4, -0.2) is 9.97 Å². The first-order chi connectivity index (χ1) is 12.2. The second kappa shape index (κ2) is 6.96. The largest absolute Gasteiger partial charge is 0.240 e. The van der Waals surface area contributed by atoms with Crippen molar-refractivity contribution < 1.29 is 0 Å². The Bertz CT molecular complexity index is 876. The molecule has 0 saturated carbocycles. The van der Waals surface area contributed by atoms with Crippen molar-refractivity contribution in [2.45, 2.75) is 58.3 Å². The molecule has 3 heteroatoms. The van der Waals surface area contributed by atoms with Crippen molar-refractivity contribution in [2.24, 2.45) is 0 Å². The first-order valence-electron chi connectivity index (χ1n) is 9.22. The standard InChI is InChI=1S/C23H28N2S/c1-16(2)18-14-15-24-21(25-18)23(5,6)20-13-12-19(26-20)22(3,4)17-10-8-7-9-11-17/h7-16H,1-6H3. The third-order valence-corrected chi connectivity index (χ3v) is 6.89. The van der Waals surface area contributed by atoms with Gasteiger partial charge in [0.2, 0.25) is 0 Å². The van der Waals surface area contributed by atoms with E-state index in [4.69, 9.17) is 4.98 Å². The molecular weight excluding hydrogens is 336 g/mol. The maximum atomic E-state index is 4.85. The summed E-state index contributed by atoms with van der Waals surface area (Å²) < 4.78 is 0. The summed E-state index contributed by atoms with van der Waals surface area (Å²) in [5.74, 6) is 1.30. The first-order valence-corrected chi connectivity index (χ1v) is 10.0. The van der Waals surface area contributed by atoms with Crippen LogP contribution in [0, 0.1) is 0 Å². The van der Waals surface area contributed by atoms with E-state index in [0.717, 1.165) is 11.5 Å². The summed E-state index contributed by atoms with van der Waals surface area (Å²) in [5, 5.41) is 0. The summed E-state index contributed by atoms with van der Waals surface area (Å²) in [6, 6.07) is 17.2. The molecule has 2 aromatic heterocycles. The van der Waals surface area contributed by atoms with Crippen LogP contribution in [0.5, 0.6) is 0 Å². The summed E-state index contributed by atoms with van der Waals surface area (Å²) in [6.45, 7) is 13.4. The van der Waals surface area contributed by atoms with Crippen LogP contribution in [0.15, 0.2) is 54.7 Å². The molecule has 0 radical (unpaired) electrons. The lowest BCUT2D eigenvalue weighted by atomic mass is 9.83. The van der Waals surface area contributed by atoms with E-state index in [2.05, 4.69) is 89.0 Å². The van der Waals surface area contributed by atoms with E-state index >= 15 is 0 Å². The van der Waals surface area contributed by atoms with Gasteiger partial charge in [-0.25, -0.2) is 9.97 Å². The fraction of sp³-hybridized carbons (Fsp3) is 0.391. The van der Waals surface area contributed by atoms with Crippen LogP contribution in [0.3, 0.4) is 0 Å². The molecule has 26 heavy (non-hydrogen) atoms. The molecule has 2 nitrogen and oxygen atoms in total. The molecule has 2 heterocycles. The van der Waals surface area contributed by atoms with Crippen LogP contribution in [0.4, 0.5) is 0 Å². The van der Waals surface area contributed by atoms with Crippen LogP contribution in [0.1, 0.15) is 74.3 Å². The van der Waals surface area contributed by atoms with Gasteiger partial charge in [-0.1, -0.05) is 58.0 Å². The van der Waals surface area contributed by atoms with Gasteiger partial charge in [0.1, 0.15) is 5.82 Å². The molecule has 0 unspecified atom stereocenters. The Morgan fingerprint density at radius 2 is 1.42 bits per heavy atom. The zero-order chi connectivity index (χ0) is 18.9. The number of thiophene rings is 1. The Morgan fingerprint density at radius 1 is 0.808 bits per heavy atom. The van der Waals surface area contributed by atoms with Gasteiger partial charge in [0.25, 0.3) is 0 Å². The lowest BCUT2D eigenvalue weighted by molar-refractivity contribution is 0.592.